The Hall–Kier alpha value is -1.37. The second-order valence-electron chi connectivity index (χ2n) is 1.13. The first-order valence-corrected chi connectivity index (χ1v) is 3.06. The summed E-state index contributed by atoms with van der Waals surface area (Å²) < 4.78 is 19.8. The number of hydrogen-bond acceptors (Lipinski definition) is 4. The molecule has 6 nitrogen and oxygen atoms in total. The summed E-state index contributed by atoms with van der Waals surface area (Å²) in [6.07, 6.45) is -0.0285. The Labute approximate surface area is 57.0 Å². The van der Waals surface area contributed by atoms with Gasteiger partial charge in [0.25, 0.3) is 0 Å². The summed E-state index contributed by atoms with van der Waals surface area (Å²) >= 11 is 0. The maximum atomic E-state index is 9.89. The van der Waals surface area contributed by atoms with Gasteiger partial charge in [-0.15, -0.1) is 0 Å². The SMILES string of the molecule is O=CNC(C(=O)O)=S(=O)=O. The number of carbonyl (C=O) groups is 2. The minimum absolute atomic E-state index is 0.0285. The predicted molar refractivity (Wildman–Crippen MR) is 30.8 cm³/mol. The maximum absolute atomic E-state index is 9.89. The number of aliphatic carboxylic acids is 1. The lowest BCUT2D eigenvalue weighted by atomic mass is 10.7. The van der Waals surface area contributed by atoms with Gasteiger partial charge in [0.05, 0.1) is 0 Å². The molecule has 1 amide bonds. The Morgan fingerprint density at radius 2 is 2.00 bits per heavy atom. The van der Waals surface area contributed by atoms with E-state index in [2.05, 4.69) is 0 Å². The lowest BCUT2D eigenvalue weighted by Crippen LogP contribution is -2.30. The molecule has 0 fully saturated rings. The number of nitrogens with one attached hydrogen (secondary N) is 1. The third kappa shape index (κ3) is 2.27. The van der Waals surface area contributed by atoms with Crippen molar-refractivity contribution < 1.29 is 23.1 Å². The van der Waals surface area contributed by atoms with Crippen molar-refractivity contribution in [2.75, 3.05) is 0 Å². The van der Waals surface area contributed by atoms with E-state index in [4.69, 9.17) is 5.11 Å². The number of amides is 1. The van der Waals surface area contributed by atoms with Crippen molar-refractivity contribution in [2.45, 2.75) is 0 Å². The zero-order chi connectivity index (χ0) is 8.15. The van der Waals surface area contributed by atoms with E-state index in [1.165, 1.54) is 5.32 Å². The van der Waals surface area contributed by atoms with Gasteiger partial charge in [-0.3, -0.25) is 4.79 Å². The highest BCUT2D eigenvalue weighted by molar-refractivity contribution is 7.74. The van der Waals surface area contributed by atoms with Gasteiger partial charge >= 0.3 is 5.97 Å². The molecule has 0 radical (unpaired) electrons. The average molecular weight is 165 g/mol. The first-order valence-electron chi connectivity index (χ1n) is 1.99. The van der Waals surface area contributed by atoms with Crippen LogP contribution < -0.4 is 5.32 Å². The Kier molecular flexibility index (Phi) is 3.12. The summed E-state index contributed by atoms with van der Waals surface area (Å²) in [6.45, 7) is 0. The van der Waals surface area contributed by atoms with Crippen LogP contribution in [-0.2, 0) is 19.9 Å². The van der Waals surface area contributed by atoms with Crippen molar-refractivity contribution in [1.82, 2.24) is 5.32 Å². The molecular formula is C3H3NO5S. The molecule has 0 aromatic rings. The van der Waals surface area contributed by atoms with Crippen molar-refractivity contribution in [3.8, 4) is 0 Å². The molecule has 0 saturated carbocycles. The van der Waals surface area contributed by atoms with Gasteiger partial charge in [-0.2, -0.15) is 8.42 Å². The third-order valence-corrected chi connectivity index (χ3v) is 1.18. The highest BCUT2D eigenvalue weighted by atomic mass is 32.2. The number of hydrogen-bond donors (Lipinski definition) is 2. The molecule has 0 atom stereocenters. The Bertz CT molecular complexity index is 267. The largest absolute Gasteiger partial charge is 0.476 e. The molecule has 2 N–H and O–H groups in total. The third-order valence-electron chi connectivity index (χ3n) is 0.551. The van der Waals surface area contributed by atoms with Gasteiger partial charge < -0.3 is 10.4 Å². The van der Waals surface area contributed by atoms with E-state index in [-0.39, 0.29) is 6.41 Å². The van der Waals surface area contributed by atoms with E-state index in [1.54, 1.807) is 0 Å². The molecule has 0 aromatic carbocycles. The summed E-state index contributed by atoms with van der Waals surface area (Å²) in [4.78, 5) is 18.4. The number of carbonyl (C=O) groups excluding carboxylic acids is 1. The van der Waals surface area contributed by atoms with Gasteiger partial charge in [0.15, 0.2) is 0 Å². The quantitative estimate of drug-likeness (QED) is 0.340. The van der Waals surface area contributed by atoms with E-state index in [0.29, 0.717) is 0 Å². The minimum atomic E-state index is -2.91. The van der Waals surface area contributed by atoms with E-state index < -0.39 is 21.3 Å². The van der Waals surface area contributed by atoms with Crippen LogP contribution in [0.5, 0.6) is 0 Å². The fourth-order valence-electron chi connectivity index (χ4n) is 0.235. The molecule has 7 heteroatoms. The van der Waals surface area contributed by atoms with Crippen molar-refractivity contribution in [2.24, 2.45) is 0 Å². The normalized spacial score (nSPS) is 8.00. The number of carboxylic acid groups (broad SMARTS) is 1. The molecular weight excluding hydrogens is 162 g/mol. The zero-order valence-corrected chi connectivity index (χ0v) is 5.38. The maximum Gasteiger partial charge on any atom is 0.368 e. The molecule has 10 heavy (non-hydrogen) atoms. The molecule has 56 valence electrons. The summed E-state index contributed by atoms with van der Waals surface area (Å²) in [6, 6.07) is 0. The van der Waals surface area contributed by atoms with Gasteiger partial charge in [0.2, 0.25) is 21.7 Å². The van der Waals surface area contributed by atoms with Crippen LogP contribution in [0.3, 0.4) is 0 Å². The van der Waals surface area contributed by atoms with E-state index in [1.807, 2.05) is 0 Å². The van der Waals surface area contributed by atoms with Gasteiger partial charge in [-0.25, -0.2) is 4.79 Å². The molecule has 0 spiro atoms. The summed E-state index contributed by atoms with van der Waals surface area (Å²) in [5.74, 6) is -1.69. The summed E-state index contributed by atoms with van der Waals surface area (Å²) in [7, 11) is -2.91. The molecule has 0 bridgehead atoms. The van der Waals surface area contributed by atoms with Crippen molar-refractivity contribution in [3.05, 3.63) is 0 Å². The smallest absolute Gasteiger partial charge is 0.368 e. The van der Waals surface area contributed by atoms with Gasteiger partial charge in [-0.1, -0.05) is 0 Å². The first-order chi connectivity index (χ1) is 4.59. The van der Waals surface area contributed by atoms with Crippen molar-refractivity contribution in [1.29, 1.82) is 0 Å². The molecule has 0 aliphatic heterocycles. The average Bonchev–Trinajstić information content (AvgIpc) is 1.81. The van der Waals surface area contributed by atoms with Crippen LogP contribution in [0.15, 0.2) is 0 Å². The van der Waals surface area contributed by atoms with Crippen LogP contribution in [0.4, 0.5) is 0 Å². The van der Waals surface area contributed by atoms with Crippen LogP contribution >= 0.6 is 0 Å². The summed E-state index contributed by atoms with van der Waals surface area (Å²) in [5, 5.41) is 9.53. The zero-order valence-electron chi connectivity index (χ0n) is 4.57. The van der Waals surface area contributed by atoms with Crippen LogP contribution in [0.25, 0.3) is 0 Å². The lowest BCUT2D eigenvalue weighted by molar-refractivity contribution is -0.129. The lowest BCUT2D eigenvalue weighted by Gasteiger charge is -1.88. The fourth-order valence-corrected chi connectivity index (χ4v) is 0.522. The molecule has 0 saturated heterocycles. The number of carboxylic acids is 1. The topological polar surface area (TPSA) is 101 Å². The van der Waals surface area contributed by atoms with E-state index in [9.17, 15) is 18.0 Å². The molecule has 0 rings (SSSR count). The number of rotatable bonds is 1. The Balaban J connectivity index is 4.79. The Morgan fingerprint density at radius 3 is 2.10 bits per heavy atom. The Morgan fingerprint density at radius 1 is 1.50 bits per heavy atom. The standard InChI is InChI=1S/C3H3NO5S/c5-1-4-2(3(6)7)10(8)9/h1H,(H,4,5)(H,6,7). The van der Waals surface area contributed by atoms with Crippen molar-refractivity contribution in [3.63, 3.8) is 0 Å². The molecule has 0 unspecified atom stereocenters. The fraction of sp³-hybridized carbons (Fsp3) is 0. The van der Waals surface area contributed by atoms with Crippen LogP contribution in [-0.4, -0.2) is 30.9 Å². The first kappa shape index (κ1) is 8.63. The predicted octanol–water partition coefficient (Wildman–Crippen LogP) is -2.17. The van der Waals surface area contributed by atoms with Crippen LogP contribution in [0, 0.1) is 0 Å². The summed E-state index contributed by atoms with van der Waals surface area (Å²) in [5.41, 5.74) is 0. The van der Waals surface area contributed by atoms with Gasteiger partial charge in [-0.05, 0) is 0 Å². The van der Waals surface area contributed by atoms with Crippen molar-refractivity contribution >= 4 is 27.7 Å². The monoisotopic (exact) mass is 165 g/mol. The van der Waals surface area contributed by atoms with E-state index in [0.717, 1.165) is 0 Å². The second kappa shape index (κ2) is 3.62. The highest BCUT2D eigenvalue weighted by Gasteiger charge is 2.08. The van der Waals surface area contributed by atoms with Crippen LogP contribution in [0.2, 0.25) is 0 Å². The van der Waals surface area contributed by atoms with E-state index >= 15 is 0 Å². The van der Waals surface area contributed by atoms with Gasteiger partial charge in [0.1, 0.15) is 0 Å². The minimum Gasteiger partial charge on any atom is -0.476 e. The second-order valence-corrected chi connectivity index (χ2v) is 2.01. The molecule has 0 heterocycles. The van der Waals surface area contributed by atoms with Gasteiger partial charge in [0, 0.05) is 0 Å². The highest BCUT2D eigenvalue weighted by Crippen LogP contribution is 1.64. The molecule has 0 aliphatic rings. The molecule has 0 aromatic heterocycles. The van der Waals surface area contributed by atoms with Crippen LogP contribution in [0.1, 0.15) is 0 Å². The molecule has 0 aliphatic carbocycles.